The smallest absolute Gasteiger partial charge is 0.261 e. The van der Waals surface area contributed by atoms with Crippen molar-refractivity contribution >= 4 is 31.6 Å². The molecule has 0 aromatic heterocycles. The lowest BCUT2D eigenvalue weighted by molar-refractivity contribution is 0.0387. The number of nitrogens with zero attached hydrogens (tertiary/aromatic N) is 2. The molecule has 226 valence electrons. The maximum absolute atomic E-state index is 13.7. The van der Waals surface area contributed by atoms with Gasteiger partial charge in [0.2, 0.25) is 10.0 Å². The average molecular weight is 618 g/mol. The van der Waals surface area contributed by atoms with E-state index in [4.69, 9.17) is 9.47 Å². The molecular weight excluding hydrogens is 582 g/mol. The second-order valence-corrected chi connectivity index (χ2v) is 13.9. The summed E-state index contributed by atoms with van der Waals surface area (Å²) in [7, 11) is -4.86. The summed E-state index contributed by atoms with van der Waals surface area (Å²) in [6.07, 6.45) is -0.685. The highest BCUT2D eigenvalue weighted by Gasteiger charge is 2.35. The maximum atomic E-state index is 13.7. The van der Waals surface area contributed by atoms with Crippen molar-refractivity contribution in [3.8, 4) is 11.5 Å². The average Bonchev–Trinajstić information content (AvgIpc) is 2.99. The van der Waals surface area contributed by atoms with Gasteiger partial charge in [0, 0.05) is 25.2 Å². The molecule has 1 aliphatic rings. The van der Waals surface area contributed by atoms with Crippen molar-refractivity contribution in [2.24, 2.45) is 5.92 Å². The minimum absolute atomic E-state index is 0.0348. The van der Waals surface area contributed by atoms with Gasteiger partial charge in [0.15, 0.2) is 0 Å². The maximum Gasteiger partial charge on any atom is 0.261 e. The summed E-state index contributed by atoms with van der Waals surface area (Å²) in [6.45, 7) is 3.37. The van der Waals surface area contributed by atoms with Crippen LogP contribution in [0.2, 0.25) is 0 Å². The number of carbonyl (C=O) groups excluding carboxylic acids is 1. The number of likely N-dealkylation sites (N-methyl/N-ethyl adjacent to an activating group) is 1. The van der Waals surface area contributed by atoms with Gasteiger partial charge in [-0.2, -0.15) is 4.31 Å². The minimum Gasteiger partial charge on any atom is -0.497 e. The summed E-state index contributed by atoms with van der Waals surface area (Å²) < 4.78 is 67.6. The predicted octanol–water partition coefficient (Wildman–Crippen LogP) is 3.04. The van der Waals surface area contributed by atoms with E-state index in [-0.39, 0.29) is 52.4 Å². The quantitative estimate of drug-likeness (QED) is 0.354. The van der Waals surface area contributed by atoms with Crippen molar-refractivity contribution in [1.82, 2.24) is 9.21 Å². The summed E-state index contributed by atoms with van der Waals surface area (Å²) in [5, 5.41) is 9.90. The first-order chi connectivity index (χ1) is 19.9. The first-order valence-electron chi connectivity index (χ1n) is 13.3. The number of aliphatic hydroxyl groups excluding tert-OH is 1. The number of nitrogens with one attached hydrogen (secondary N) is 1. The number of carbonyl (C=O) groups is 1. The molecule has 1 amide bonds. The van der Waals surface area contributed by atoms with E-state index in [0.717, 1.165) is 0 Å². The molecule has 0 saturated carbocycles. The molecule has 2 N–H and O–H groups in total. The lowest BCUT2D eigenvalue weighted by Gasteiger charge is -2.38. The van der Waals surface area contributed by atoms with Crippen LogP contribution in [-0.2, 0) is 20.0 Å². The number of amides is 1. The number of hydrogen-bond donors (Lipinski definition) is 2. The van der Waals surface area contributed by atoms with Crippen molar-refractivity contribution in [2.75, 3.05) is 38.6 Å². The lowest BCUT2D eigenvalue weighted by Crippen LogP contribution is -2.50. The zero-order chi connectivity index (χ0) is 30.7. The second-order valence-electron chi connectivity index (χ2n) is 10.2. The lowest BCUT2D eigenvalue weighted by atomic mass is 9.99. The standard InChI is InChI=1S/C29H35N3O8S2/c1-20-17-32(21(2)19-33)29(34)26-16-22(30-41(35,36)24-8-6-5-7-9-24)10-15-27(26)40-28(20)18-31(3)42(37,38)25-13-11-23(39-4)12-14-25/h5-16,20-21,28,30,33H,17-19H2,1-4H3/t20-,21-,28-/m0/s1. The Morgan fingerprint density at radius 2 is 1.71 bits per heavy atom. The van der Waals surface area contributed by atoms with Gasteiger partial charge in [-0.25, -0.2) is 16.8 Å². The van der Waals surface area contributed by atoms with Crippen molar-refractivity contribution in [3.63, 3.8) is 0 Å². The van der Waals surface area contributed by atoms with Gasteiger partial charge >= 0.3 is 0 Å². The Kier molecular flexibility index (Phi) is 9.46. The van der Waals surface area contributed by atoms with E-state index >= 15 is 0 Å². The van der Waals surface area contributed by atoms with Crippen LogP contribution in [0.25, 0.3) is 0 Å². The molecule has 3 aromatic carbocycles. The molecule has 11 nitrogen and oxygen atoms in total. The van der Waals surface area contributed by atoms with Crippen molar-refractivity contribution in [1.29, 1.82) is 0 Å². The van der Waals surface area contributed by atoms with Gasteiger partial charge in [0.25, 0.3) is 15.9 Å². The van der Waals surface area contributed by atoms with Crippen LogP contribution < -0.4 is 14.2 Å². The van der Waals surface area contributed by atoms with Crippen LogP contribution >= 0.6 is 0 Å². The van der Waals surface area contributed by atoms with Gasteiger partial charge in [-0.3, -0.25) is 9.52 Å². The predicted molar refractivity (Wildman–Crippen MR) is 158 cm³/mol. The number of anilines is 1. The van der Waals surface area contributed by atoms with Gasteiger partial charge < -0.3 is 19.5 Å². The van der Waals surface area contributed by atoms with Crippen LogP contribution in [-0.4, -0.2) is 83.1 Å². The Morgan fingerprint density at radius 1 is 1.05 bits per heavy atom. The van der Waals surface area contributed by atoms with Crippen LogP contribution in [0.5, 0.6) is 11.5 Å². The number of rotatable bonds is 10. The Morgan fingerprint density at radius 3 is 2.33 bits per heavy atom. The van der Waals surface area contributed by atoms with Gasteiger partial charge in [-0.15, -0.1) is 0 Å². The molecule has 0 unspecified atom stereocenters. The van der Waals surface area contributed by atoms with E-state index in [1.807, 2.05) is 6.92 Å². The molecule has 1 aliphatic heterocycles. The SMILES string of the molecule is COc1ccc(S(=O)(=O)N(C)C[C@@H]2Oc3ccc(NS(=O)(=O)c4ccccc4)cc3C(=O)N([C@@H](C)CO)C[C@@H]2C)cc1. The van der Waals surface area contributed by atoms with Crippen LogP contribution in [0.3, 0.4) is 0 Å². The topological polar surface area (TPSA) is 143 Å². The summed E-state index contributed by atoms with van der Waals surface area (Å²) >= 11 is 0. The molecule has 13 heteroatoms. The Hall–Kier alpha value is -3.65. The first kappa shape index (κ1) is 31.3. The highest BCUT2D eigenvalue weighted by Crippen LogP contribution is 2.32. The Bertz CT molecular complexity index is 1610. The summed E-state index contributed by atoms with van der Waals surface area (Å²) in [6, 6.07) is 17.7. The first-order valence-corrected chi connectivity index (χ1v) is 16.2. The molecule has 0 saturated heterocycles. The van der Waals surface area contributed by atoms with E-state index in [1.54, 1.807) is 37.3 Å². The fourth-order valence-electron chi connectivity index (χ4n) is 4.60. The zero-order valence-electron chi connectivity index (χ0n) is 23.8. The molecular formula is C29H35N3O8S2. The molecule has 0 radical (unpaired) electrons. The van der Waals surface area contributed by atoms with Crippen LogP contribution in [0.4, 0.5) is 5.69 Å². The summed E-state index contributed by atoms with van der Waals surface area (Å²) in [5.74, 6) is -0.0827. The molecule has 42 heavy (non-hydrogen) atoms. The number of ether oxygens (including phenoxy) is 2. The third-order valence-corrected chi connectivity index (χ3v) is 10.4. The van der Waals surface area contributed by atoms with Gasteiger partial charge in [0.1, 0.15) is 17.6 Å². The van der Waals surface area contributed by atoms with Crippen LogP contribution in [0.15, 0.2) is 82.6 Å². The number of aliphatic hydroxyl groups is 1. The molecule has 1 heterocycles. The van der Waals surface area contributed by atoms with Gasteiger partial charge in [-0.1, -0.05) is 25.1 Å². The third kappa shape index (κ3) is 6.70. The normalized spacial score (nSPS) is 18.4. The van der Waals surface area contributed by atoms with E-state index in [0.29, 0.717) is 5.75 Å². The second kappa shape index (κ2) is 12.7. The zero-order valence-corrected chi connectivity index (χ0v) is 25.4. The number of fused-ring (bicyclic) bond motifs is 1. The molecule has 0 spiro atoms. The number of sulfonamides is 2. The molecule has 0 fully saturated rings. The van der Waals surface area contributed by atoms with Gasteiger partial charge in [0.05, 0.1) is 41.7 Å². The number of hydrogen-bond acceptors (Lipinski definition) is 8. The summed E-state index contributed by atoms with van der Waals surface area (Å²) in [5.41, 5.74) is 0.233. The van der Waals surface area contributed by atoms with Crippen LogP contribution in [0.1, 0.15) is 24.2 Å². The summed E-state index contributed by atoms with van der Waals surface area (Å²) in [4.78, 5) is 15.3. The molecule has 3 atom stereocenters. The highest BCUT2D eigenvalue weighted by atomic mass is 32.2. The van der Waals surface area contributed by atoms with Crippen molar-refractivity contribution in [2.45, 2.75) is 35.8 Å². The monoisotopic (exact) mass is 617 g/mol. The van der Waals surface area contributed by atoms with Crippen molar-refractivity contribution in [3.05, 3.63) is 78.4 Å². The third-order valence-electron chi connectivity index (χ3n) is 7.18. The van der Waals surface area contributed by atoms with Crippen molar-refractivity contribution < 1.29 is 36.2 Å². The van der Waals surface area contributed by atoms with Gasteiger partial charge in [-0.05, 0) is 61.5 Å². The van der Waals surface area contributed by atoms with E-state index in [1.165, 1.54) is 65.8 Å². The molecule has 0 bridgehead atoms. The van der Waals surface area contributed by atoms with E-state index < -0.39 is 38.1 Å². The number of benzene rings is 3. The van der Waals surface area contributed by atoms with Crippen LogP contribution in [0, 0.1) is 5.92 Å². The molecule has 4 rings (SSSR count). The Labute approximate surface area is 246 Å². The number of methoxy groups -OCH3 is 1. The fraction of sp³-hybridized carbons (Fsp3) is 0.345. The van der Waals surface area contributed by atoms with E-state index in [9.17, 15) is 26.7 Å². The largest absolute Gasteiger partial charge is 0.497 e. The minimum atomic E-state index is -3.93. The fourth-order valence-corrected chi connectivity index (χ4v) is 6.85. The highest BCUT2D eigenvalue weighted by molar-refractivity contribution is 7.92. The Balaban J connectivity index is 1.67. The molecule has 0 aliphatic carbocycles. The molecule has 3 aromatic rings. The van der Waals surface area contributed by atoms with E-state index in [2.05, 4.69) is 4.72 Å².